The first-order valence-electron chi connectivity index (χ1n) is 9.23. The number of methoxy groups -OCH3 is 1. The minimum absolute atomic E-state index is 0.152. The zero-order valence-corrected chi connectivity index (χ0v) is 15.6. The number of piperidine rings is 1. The molecule has 1 aliphatic rings. The molecule has 0 spiro atoms. The molecule has 0 saturated carbocycles. The Kier molecular flexibility index (Phi) is 4.74. The monoisotopic (exact) mass is 369 g/mol. The van der Waals surface area contributed by atoms with Crippen LogP contribution in [0.1, 0.15) is 19.8 Å². The van der Waals surface area contributed by atoms with Crippen LogP contribution in [0.4, 0.5) is 4.39 Å². The zero-order chi connectivity index (χ0) is 18.9. The molecule has 27 heavy (non-hydrogen) atoms. The zero-order valence-electron chi connectivity index (χ0n) is 15.6. The fraction of sp³-hybridized carbons (Fsp3) is 0.381. The molecule has 0 unspecified atom stereocenters. The lowest BCUT2D eigenvalue weighted by molar-refractivity contribution is 0.124. The van der Waals surface area contributed by atoms with E-state index in [0.717, 1.165) is 53.8 Å². The van der Waals surface area contributed by atoms with E-state index in [4.69, 9.17) is 9.47 Å². The van der Waals surface area contributed by atoms with Crippen molar-refractivity contribution in [3.63, 3.8) is 0 Å². The summed E-state index contributed by atoms with van der Waals surface area (Å²) in [4.78, 5) is 7.56. The Morgan fingerprint density at radius 3 is 2.81 bits per heavy atom. The van der Waals surface area contributed by atoms with Gasteiger partial charge in [0.15, 0.2) is 0 Å². The second kappa shape index (κ2) is 7.19. The Morgan fingerprint density at radius 1 is 1.22 bits per heavy atom. The first-order chi connectivity index (χ1) is 13.1. The van der Waals surface area contributed by atoms with E-state index in [2.05, 4.69) is 22.2 Å². The van der Waals surface area contributed by atoms with Gasteiger partial charge in [-0.15, -0.1) is 0 Å². The third-order valence-electron chi connectivity index (χ3n) is 5.34. The Balaban J connectivity index is 1.70. The number of H-pyrrole nitrogens is 1. The minimum atomic E-state index is -0.340. The quantitative estimate of drug-likeness (QED) is 0.709. The van der Waals surface area contributed by atoms with Crippen LogP contribution in [0.3, 0.4) is 0 Å². The normalized spacial score (nSPS) is 16.4. The average molecular weight is 369 g/mol. The van der Waals surface area contributed by atoms with E-state index < -0.39 is 0 Å². The minimum Gasteiger partial charge on any atom is -0.497 e. The van der Waals surface area contributed by atoms with Crippen molar-refractivity contribution >= 4 is 11.0 Å². The molecule has 1 saturated heterocycles. The van der Waals surface area contributed by atoms with Crippen LogP contribution >= 0.6 is 0 Å². The summed E-state index contributed by atoms with van der Waals surface area (Å²) in [6.07, 6.45) is 5.74. The molecule has 2 aromatic heterocycles. The van der Waals surface area contributed by atoms with E-state index in [1.807, 2.05) is 18.3 Å². The highest BCUT2D eigenvalue weighted by Gasteiger charge is 2.28. The van der Waals surface area contributed by atoms with Gasteiger partial charge in [0.1, 0.15) is 23.0 Å². The van der Waals surface area contributed by atoms with Crippen molar-refractivity contribution in [3.05, 3.63) is 42.5 Å². The van der Waals surface area contributed by atoms with Crippen molar-refractivity contribution in [2.24, 2.45) is 5.41 Å². The highest BCUT2D eigenvalue weighted by atomic mass is 19.1. The number of hydrogen-bond donors (Lipinski definition) is 2. The molecule has 4 rings (SSSR count). The molecule has 0 radical (unpaired) electrons. The second-order valence-corrected chi connectivity index (χ2v) is 7.46. The van der Waals surface area contributed by atoms with E-state index in [-0.39, 0.29) is 11.2 Å². The predicted octanol–water partition coefficient (Wildman–Crippen LogP) is 4.15. The van der Waals surface area contributed by atoms with Crippen LogP contribution in [-0.4, -0.2) is 36.8 Å². The van der Waals surface area contributed by atoms with Crippen LogP contribution in [-0.2, 0) is 0 Å². The molecule has 0 amide bonds. The Morgan fingerprint density at radius 2 is 2.04 bits per heavy atom. The first-order valence-corrected chi connectivity index (χ1v) is 9.23. The summed E-state index contributed by atoms with van der Waals surface area (Å²) in [5, 5.41) is 4.26. The largest absolute Gasteiger partial charge is 0.497 e. The van der Waals surface area contributed by atoms with Crippen LogP contribution in [0.25, 0.3) is 22.2 Å². The molecule has 0 bridgehead atoms. The molecule has 1 aromatic carbocycles. The molecule has 3 heterocycles. The third-order valence-corrected chi connectivity index (χ3v) is 5.34. The van der Waals surface area contributed by atoms with Crippen LogP contribution in [0.5, 0.6) is 11.5 Å². The maximum atomic E-state index is 14.0. The SMILES string of the molecule is COc1cc(F)cc(-c2c[nH]c3nccc(OCC4(C)CCNCC4)c23)c1. The number of ether oxygens (including phenoxy) is 2. The van der Waals surface area contributed by atoms with Crippen LogP contribution in [0.2, 0.25) is 0 Å². The number of hydrogen-bond acceptors (Lipinski definition) is 4. The molecule has 0 aliphatic carbocycles. The lowest BCUT2D eigenvalue weighted by Gasteiger charge is -2.33. The molecule has 5 nitrogen and oxygen atoms in total. The number of halogens is 1. The van der Waals surface area contributed by atoms with Gasteiger partial charge in [-0.3, -0.25) is 0 Å². The van der Waals surface area contributed by atoms with Gasteiger partial charge in [0.05, 0.1) is 19.1 Å². The Hall–Kier alpha value is -2.60. The van der Waals surface area contributed by atoms with Crippen molar-refractivity contribution in [2.75, 3.05) is 26.8 Å². The molecule has 0 atom stereocenters. The maximum absolute atomic E-state index is 14.0. The summed E-state index contributed by atoms with van der Waals surface area (Å²) < 4.78 is 25.5. The Bertz CT molecular complexity index is 948. The molecule has 2 N–H and O–H groups in total. The summed E-state index contributed by atoms with van der Waals surface area (Å²) in [5.41, 5.74) is 2.45. The van der Waals surface area contributed by atoms with Gasteiger partial charge in [-0.1, -0.05) is 6.92 Å². The van der Waals surface area contributed by atoms with Gasteiger partial charge in [-0.05, 0) is 49.7 Å². The number of nitrogens with one attached hydrogen (secondary N) is 2. The number of pyridine rings is 1. The average Bonchev–Trinajstić information content (AvgIpc) is 3.11. The molecule has 6 heteroatoms. The molecule has 3 aromatic rings. The van der Waals surface area contributed by atoms with Crippen molar-refractivity contribution in [1.29, 1.82) is 0 Å². The number of nitrogens with zero attached hydrogens (tertiary/aromatic N) is 1. The number of rotatable bonds is 5. The maximum Gasteiger partial charge on any atom is 0.141 e. The first kappa shape index (κ1) is 17.8. The number of benzene rings is 1. The molecule has 1 aliphatic heterocycles. The van der Waals surface area contributed by atoms with Crippen LogP contribution in [0, 0.1) is 11.2 Å². The van der Waals surface area contributed by atoms with Gasteiger partial charge in [0, 0.05) is 29.4 Å². The van der Waals surface area contributed by atoms with Crippen molar-refractivity contribution in [3.8, 4) is 22.6 Å². The van der Waals surface area contributed by atoms with E-state index in [1.165, 1.54) is 19.2 Å². The van der Waals surface area contributed by atoms with Crippen molar-refractivity contribution < 1.29 is 13.9 Å². The second-order valence-electron chi connectivity index (χ2n) is 7.46. The number of aromatic nitrogens is 2. The molecule has 1 fully saturated rings. The standard InChI is InChI=1S/C21H24FN3O2/c1-21(4-7-23-8-5-21)13-27-18-3-6-24-20-19(18)17(12-25-20)14-9-15(22)11-16(10-14)26-2/h3,6,9-12,23H,4-5,7-8,13H2,1-2H3,(H,24,25). The van der Waals surface area contributed by atoms with Gasteiger partial charge in [-0.2, -0.15) is 0 Å². The van der Waals surface area contributed by atoms with Gasteiger partial charge in [-0.25, -0.2) is 9.37 Å². The highest BCUT2D eigenvalue weighted by Crippen LogP contribution is 2.37. The van der Waals surface area contributed by atoms with Gasteiger partial charge >= 0.3 is 0 Å². The summed E-state index contributed by atoms with van der Waals surface area (Å²) in [6.45, 7) is 4.95. The fourth-order valence-corrected chi connectivity index (χ4v) is 3.64. The third kappa shape index (κ3) is 3.62. The van der Waals surface area contributed by atoms with Crippen molar-refractivity contribution in [2.45, 2.75) is 19.8 Å². The number of fused-ring (bicyclic) bond motifs is 1. The lowest BCUT2D eigenvalue weighted by atomic mass is 9.82. The smallest absolute Gasteiger partial charge is 0.141 e. The van der Waals surface area contributed by atoms with Gasteiger partial charge in [0.2, 0.25) is 0 Å². The highest BCUT2D eigenvalue weighted by molar-refractivity contribution is 5.98. The molecular formula is C21H24FN3O2. The van der Waals surface area contributed by atoms with Gasteiger partial charge < -0.3 is 19.8 Å². The van der Waals surface area contributed by atoms with Crippen LogP contribution in [0.15, 0.2) is 36.7 Å². The van der Waals surface area contributed by atoms with Gasteiger partial charge in [0.25, 0.3) is 0 Å². The summed E-state index contributed by atoms with van der Waals surface area (Å²) >= 11 is 0. The Labute approximate surface area is 157 Å². The van der Waals surface area contributed by atoms with E-state index in [1.54, 1.807) is 6.20 Å². The summed E-state index contributed by atoms with van der Waals surface area (Å²) in [7, 11) is 1.53. The van der Waals surface area contributed by atoms with Crippen LogP contribution < -0.4 is 14.8 Å². The fourth-order valence-electron chi connectivity index (χ4n) is 3.64. The summed E-state index contributed by atoms with van der Waals surface area (Å²) in [6, 6.07) is 6.55. The molecular weight excluding hydrogens is 345 g/mol. The molecule has 142 valence electrons. The summed E-state index contributed by atoms with van der Waals surface area (Å²) in [5.74, 6) is 0.902. The predicted molar refractivity (Wildman–Crippen MR) is 104 cm³/mol. The number of aromatic amines is 1. The van der Waals surface area contributed by atoms with E-state index in [9.17, 15) is 4.39 Å². The topological polar surface area (TPSA) is 59.2 Å². The van der Waals surface area contributed by atoms with Crippen molar-refractivity contribution in [1.82, 2.24) is 15.3 Å². The van der Waals surface area contributed by atoms with E-state index in [0.29, 0.717) is 12.4 Å². The lowest BCUT2D eigenvalue weighted by Crippen LogP contribution is -2.38. The van der Waals surface area contributed by atoms with E-state index >= 15 is 0 Å².